The van der Waals surface area contributed by atoms with E-state index in [-0.39, 0.29) is 0 Å². The van der Waals surface area contributed by atoms with Crippen molar-refractivity contribution in [3.05, 3.63) is 29.8 Å². The van der Waals surface area contributed by atoms with E-state index < -0.39 is 0 Å². The van der Waals surface area contributed by atoms with E-state index in [0.29, 0.717) is 5.69 Å². The van der Waals surface area contributed by atoms with E-state index in [1.54, 1.807) is 13.2 Å². The summed E-state index contributed by atoms with van der Waals surface area (Å²) in [5.74, 6) is 0.720. The highest BCUT2D eigenvalue weighted by Gasteiger charge is 2.01. The molecule has 0 aliphatic rings. The maximum Gasteiger partial charge on any atom is 0.142 e. The predicted molar refractivity (Wildman–Crippen MR) is 52.2 cm³/mol. The summed E-state index contributed by atoms with van der Waals surface area (Å²) in [4.78, 5) is 0. The summed E-state index contributed by atoms with van der Waals surface area (Å²) in [6.45, 7) is 5.69. The van der Waals surface area contributed by atoms with Gasteiger partial charge >= 0.3 is 0 Å². The maximum atomic E-state index is 5.70. The van der Waals surface area contributed by atoms with Crippen LogP contribution in [0.25, 0.3) is 6.08 Å². The van der Waals surface area contributed by atoms with Crippen LogP contribution in [-0.4, -0.2) is 7.11 Å². The molecule has 0 atom stereocenters. The highest BCUT2D eigenvalue weighted by molar-refractivity contribution is 5.64. The third-order valence-electron chi connectivity index (χ3n) is 1.84. The molecule has 0 saturated heterocycles. The first kappa shape index (κ1) is 8.65. The molecule has 0 aliphatic heterocycles. The van der Waals surface area contributed by atoms with Crippen molar-refractivity contribution < 1.29 is 4.74 Å². The van der Waals surface area contributed by atoms with Gasteiger partial charge in [0.05, 0.1) is 12.8 Å². The van der Waals surface area contributed by atoms with Crippen LogP contribution in [0.3, 0.4) is 0 Å². The summed E-state index contributed by atoms with van der Waals surface area (Å²) in [6.07, 6.45) is 1.78. The molecule has 0 radical (unpaired) electrons. The number of hydrogen-bond donors (Lipinski definition) is 1. The standard InChI is InChI=1S/C10H13NO/c1-4-8-6-9(11)10(12-3)5-7(8)2/h4-6H,1,11H2,2-3H3. The van der Waals surface area contributed by atoms with Crippen LogP contribution in [0.1, 0.15) is 11.1 Å². The third kappa shape index (κ3) is 1.42. The average molecular weight is 163 g/mol. The van der Waals surface area contributed by atoms with Crippen LogP contribution >= 0.6 is 0 Å². The number of rotatable bonds is 2. The van der Waals surface area contributed by atoms with Gasteiger partial charge in [-0.3, -0.25) is 0 Å². The second-order valence-electron chi connectivity index (χ2n) is 2.65. The Labute approximate surface area is 72.7 Å². The molecule has 1 aromatic rings. The van der Waals surface area contributed by atoms with E-state index in [1.807, 2.05) is 19.1 Å². The molecule has 0 saturated carbocycles. The molecular formula is C10H13NO. The lowest BCUT2D eigenvalue weighted by Crippen LogP contribution is -1.94. The first-order valence-corrected chi connectivity index (χ1v) is 3.75. The molecule has 0 bridgehead atoms. The number of methoxy groups -OCH3 is 1. The molecule has 2 heteroatoms. The zero-order valence-corrected chi connectivity index (χ0v) is 7.42. The number of hydrogen-bond acceptors (Lipinski definition) is 2. The van der Waals surface area contributed by atoms with E-state index in [0.717, 1.165) is 16.9 Å². The van der Waals surface area contributed by atoms with Gasteiger partial charge in [-0.05, 0) is 30.2 Å². The van der Waals surface area contributed by atoms with Crippen molar-refractivity contribution in [3.8, 4) is 5.75 Å². The molecule has 0 fully saturated rings. The molecule has 12 heavy (non-hydrogen) atoms. The fraction of sp³-hybridized carbons (Fsp3) is 0.200. The smallest absolute Gasteiger partial charge is 0.142 e. The SMILES string of the molecule is C=Cc1cc(N)c(OC)cc1C. The van der Waals surface area contributed by atoms with E-state index in [1.165, 1.54) is 0 Å². The number of aryl methyl sites for hydroxylation is 1. The summed E-state index contributed by atoms with van der Waals surface area (Å²) in [5, 5.41) is 0. The van der Waals surface area contributed by atoms with E-state index in [9.17, 15) is 0 Å². The van der Waals surface area contributed by atoms with Crippen molar-refractivity contribution in [3.63, 3.8) is 0 Å². The molecule has 64 valence electrons. The lowest BCUT2D eigenvalue weighted by molar-refractivity contribution is 0.416. The van der Waals surface area contributed by atoms with Crippen molar-refractivity contribution in [2.45, 2.75) is 6.92 Å². The lowest BCUT2D eigenvalue weighted by atomic mass is 10.1. The summed E-state index contributed by atoms with van der Waals surface area (Å²) < 4.78 is 5.07. The van der Waals surface area contributed by atoms with Gasteiger partial charge in [-0.25, -0.2) is 0 Å². The van der Waals surface area contributed by atoms with Gasteiger partial charge in [0.15, 0.2) is 0 Å². The maximum absolute atomic E-state index is 5.70. The van der Waals surface area contributed by atoms with Crippen molar-refractivity contribution in [2.24, 2.45) is 0 Å². The average Bonchev–Trinajstić information content (AvgIpc) is 2.08. The van der Waals surface area contributed by atoms with Crippen LogP contribution in [-0.2, 0) is 0 Å². The molecule has 2 N–H and O–H groups in total. The fourth-order valence-corrected chi connectivity index (χ4v) is 1.11. The predicted octanol–water partition coefficient (Wildman–Crippen LogP) is 2.23. The van der Waals surface area contributed by atoms with E-state index >= 15 is 0 Å². The third-order valence-corrected chi connectivity index (χ3v) is 1.84. The van der Waals surface area contributed by atoms with Gasteiger partial charge in [0.2, 0.25) is 0 Å². The Balaban J connectivity index is 3.25. The van der Waals surface area contributed by atoms with Crippen LogP contribution in [0.4, 0.5) is 5.69 Å². The normalized spacial score (nSPS) is 9.50. The highest BCUT2D eigenvalue weighted by Crippen LogP contribution is 2.25. The first-order valence-electron chi connectivity index (χ1n) is 3.75. The van der Waals surface area contributed by atoms with Crippen molar-refractivity contribution >= 4 is 11.8 Å². The molecule has 0 heterocycles. The minimum absolute atomic E-state index is 0.651. The number of benzene rings is 1. The Kier molecular flexibility index (Phi) is 2.38. The largest absolute Gasteiger partial charge is 0.495 e. The number of nitrogen functional groups attached to an aromatic ring is 1. The first-order chi connectivity index (χ1) is 5.69. The molecular weight excluding hydrogens is 150 g/mol. The number of anilines is 1. The van der Waals surface area contributed by atoms with Gasteiger partial charge in [-0.15, -0.1) is 0 Å². The summed E-state index contributed by atoms with van der Waals surface area (Å²) >= 11 is 0. The summed E-state index contributed by atoms with van der Waals surface area (Å²) in [6, 6.07) is 3.77. The van der Waals surface area contributed by atoms with Crippen molar-refractivity contribution in [2.75, 3.05) is 12.8 Å². The van der Waals surface area contributed by atoms with Crippen LogP contribution in [0.5, 0.6) is 5.75 Å². The zero-order chi connectivity index (χ0) is 9.14. The Morgan fingerprint density at radius 2 is 2.17 bits per heavy atom. The Bertz CT molecular complexity index is 305. The Morgan fingerprint density at radius 1 is 1.50 bits per heavy atom. The molecule has 1 aromatic carbocycles. The number of ether oxygens (including phenoxy) is 1. The summed E-state index contributed by atoms with van der Waals surface area (Å²) in [5.41, 5.74) is 8.53. The molecule has 0 unspecified atom stereocenters. The van der Waals surface area contributed by atoms with Gasteiger partial charge < -0.3 is 10.5 Å². The van der Waals surface area contributed by atoms with Crippen molar-refractivity contribution in [1.29, 1.82) is 0 Å². The topological polar surface area (TPSA) is 35.2 Å². The van der Waals surface area contributed by atoms with Gasteiger partial charge in [0.25, 0.3) is 0 Å². The molecule has 2 nitrogen and oxygen atoms in total. The summed E-state index contributed by atoms with van der Waals surface area (Å²) in [7, 11) is 1.61. The van der Waals surface area contributed by atoms with Crippen LogP contribution in [0, 0.1) is 6.92 Å². The molecule has 0 amide bonds. The molecule has 0 aliphatic carbocycles. The van der Waals surface area contributed by atoms with E-state index in [2.05, 4.69) is 6.58 Å². The van der Waals surface area contributed by atoms with Crippen LogP contribution < -0.4 is 10.5 Å². The fourth-order valence-electron chi connectivity index (χ4n) is 1.11. The number of nitrogens with two attached hydrogens (primary N) is 1. The van der Waals surface area contributed by atoms with Crippen LogP contribution in [0.15, 0.2) is 18.7 Å². The second kappa shape index (κ2) is 3.30. The lowest BCUT2D eigenvalue weighted by Gasteiger charge is -2.07. The van der Waals surface area contributed by atoms with Gasteiger partial charge in [-0.1, -0.05) is 12.7 Å². The minimum atomic E-state index is 0.651. The second-order valence-corrected chi connectivity index (χ2v) is 2.65. The van der Waals surface area contributed by atoms with Gasteiger partial charge in [-0.2, -0.15) is 0 Å². The molecule has 0 spiro atoms. The molecule has 1 rings (SSSR count). The van der Waals surface area contributed by atoms with E-state index in [4.69, 9.17) is 10.5 Å². The van der Waals surface area contributed by atoms with Crippen molar-refractivity contribution in [1.82, 2.24) is 0 Å². The zero-order valence-electron chi connectivity index (χ0n) is 7.42. The van der Waals surface area contributed by atoms with Gasteiger partial charge in [0.1, 0.15) is 5.75 Å². The van der Waals surface area contributed by atoms with Crippen LogP contribution in [0.2, 0.25) is 0 Å². The Morgan fingerprint density at radius 3 is 2.67 bits per heavy atom. The monoisotopic (exact) mass is 163 g/mol. The molecule has 0 aromatic heterocycles. The Hall–Kier alpha value is -1.44. The quantitative estimate of drug-likeness (QED) is 0.678. The minimum Gasteiger partial charge on any atom is -0.495 e. The highest BCUT2D eigenvalue weighted by atomic mass is 16.5. The van der Waals surface area contributed by atoms with Gasteiger partial charge in [0, 0.05) is 0 Å².